The summed E-state index contributed by atoms with van der Waals surface area (Å²) in [6.45, 7) is 5.65. The standard InChI is InChI=1S/C28H39NO4/c1-18-9-8-12-20-15-24-25(26(31)28(18,20)2)21(27(32)33-24)17-29(16-19-10-4-3-5-11-19)22-13-6-7-14-23(22)30/h3-5,10-12,18,21-26,30-31H,6-9,13-17H2,1-2H3. The van der Waals surface area contributed by atoms with Crippen LogP contribution < -0.4 is 0 Å². The summed E-state index contributed by atoms with van der Waals surface area (Å²) in [4.78, 5) is 15.5. The average Bonchev–Trinajstić information content (AvgIpc) is 3.11. The quantitative estimate of drug-likeness (QED) is 0.519. The second-order valence-corrected chi connectivity index (χ2v) is 11.1. The number of ether oxygens (including phenoxy) is 1. The summed E-state index contributed by atoms with van der Waals surface area (Å²) in [5, 5.41) is 22.6. The van der Waals surface area contributed by atoms with Crippen LogP contribution in [0.4, 0.5) is 0 Å². The molecule has 2 saturated carbocycles. The van der Waals surface area contributed by atoms with Crippen molar-refractivity contribution in [3.8, 4) is 0 Å². The predicted molar refractivity (Wildman–Crippen MR) is 127 cm³/mol. The van der Waals surface area contributed by atoms with E-state index in [1.165, 1.54) is 11.1 Å². The average molecular weight is 454 g/mol. The lowest BCUT2D eigenvalue weighted by molar-refractivity contribution is -0.145. The lowest BCUT2D eigenvalue weighted by atomic mass is 9.55. The lowest BCUT2D eigenvalue weighted by Gasteiger charge is -2.52. The maximum absolute atomic E-state index is 13.2. The number of aliphatic hydroxyl groups excluding tert-OH is 2. The molecule has 1 aromatic carbocycles. The van der Waals surface area contributed by atoms with E-state index in [4.69, 9.17) is 4.74 Å². The molecule has 0 radical (unpaired) electrons. The fourth-order valence-corrected chi connectivity index (χ4v) is 7.18. The molecule has 0 bridgehead atoms. The highest BCUT2D eigenvalue weighted by Crippen LogP contribution is 2.56. The first-order chi connectivity index (χ1) is 15.9. The maximum atomic E-state index is 13.2. The number of benzene rings is 1. The van der Waals surface area contributed by atoms with E-state index in [1.807, 2.05) is 18.2 Å². The smallest absolute Gasteiger partial charge is 0.311 e. The Bertz CT molecular complexity index is 885. The second-order valence-electron chi connectivity index (χ2n) is 11.1. The van der Waals surface area contributed by atoms with Gasteiger partial charge in [-0.25, -0.2) is 0 Å². The molecular weight excluding hydrogens is 414 g/mol. The maximum Gasteiger partial charge on any atom is 0.311 e. The van der Waals surface area contributed by atoms with E-state index in [-0.39, 0.29) is 41.5 Å². The van der Waals surface area contributed by atoms with Crippen LogP contribution in [-0.2, 0) is 16.1 Å². The molecule has 8 atom stereocenters. The van der Waals surface area contributed by atoms with Crippen LogP contribution in [0.2, 0.25) is 0 Å². The van der Waals surface area contributed by atoms with E-state index >= 15 is 0 Å². The topological polar surface area (TPSA) is 70.0 Å². The van der Waals surface area contributed by atoms with Gasteiger partial charge in [0.2, 0.25) is 0 Å². The molecule has 1 heterocycles. The molecule has 1 aromatic rings. The zero-order valence-electron chi connectivity index (χ0n) is 20.0. The summed E-state index contributed by atoms with van der Waals surface area (Å²) in [5.41, 5.74) is 2.16. The van der Waals surface area contributed by atoms with Crippen LogP contribution >= 0.6 is 0 Å². The fraction of sp³-hybridized carbons (Fsp3) is 0.679. The molecule has 0 aromatic heterocycles. The van der Waals surface area contributed by atoms with Crippen molar-refractivity contribution < 1.29 is 19.7 Å². The number of carbonyl (C=O) groups excluding carboxylic acids is 1. The summed E-state index contributed by atoms with van der Waals surface area (Å²) in [6.07, 6.45) is 7.82. The number of allylic oxidation sites excluding steroid dienone is 1. The van der Waals surface area contributed by atoms with Gasteiger partial charge in [0.15, 0.2) is 0 Å². The predicted octanol–water partition coefficient (Wildman–Crippen LogP) is 4.08. The van der Waals surface area contributed by atoms with E-state index < -0.39 is 6.10 Å². The van der Waals surface area contributed by atoms with Crippen LogP contribution in [0.15, 0.2) is 42.0 Å². The van der Waals surface area contributed by atoms with Crippen LogP contribution in [0.25, 0.3) is 0 Å². The third kappa shape index (κ3) is 4.06. The number of hydrogen-bond acceptors (Lipinski definition) is 5. The minimum atomic E-state index is -0.593. The summed E-state index contributed by atoms with van der Waals surface area (Å²) >= 11 is 0. The van der Waals surface area contributed by atoms with E-state index in [0.717, 1.165) is 44.9 Å². The molecule has 3 fully saturated rings. The molecule has 3 aliphatic carbocycles. The SMILES string of the molecule is CC1CCC=C2CC3OC(=O)C(CN(Cc4ccccc4)C4CCCCC4O)C3C(O)C21C. The fourth-order valence-electron chi connectivity index (χ4n) is 7.18. The molecule has 4 aliphatic rings. The molecule has 1 saturated heterocycles. The molecule has 0 spiro atoms. The van der Waals surface area contributed by atoms with Crippen molar-refractivity contribution in [3.05, 3.63) is 47.5 Å². The Morgan fingerprint density at radius 1 is 1.12 bits per heavy atom. The van der Waals surface area contributed by atoms with Crippen LogP contribution in [0.3, 0.4) is 0 Å². The first kappa shape index (κ1) is 23.1. The van der Waals surface area contributed by atoms with Gasteiger partial charge in [-0.3, -0.25) is 9.69 Å². The second kappa shape index (κ2) is 9.16. The van der Waals surface area contributed by atoms with Gasteiger partial charge >= 0.3 is 5.97 Å². The number of aliphatic hydroxyl groups is 2. The van der Waals surface area contributed by atoms with Gasteiger partial charge in [0.05, 0.1) is 18.1 Å². The van der Waals surface area contributed by atoms with E-state index in [9.17, 15) is 15.0 Å². The Morgan fingerprint density at radius 2 is 1.88 bits per heavy atom. The zero-order valence-corrected chi connectivity index (χ0v) is 20.0. The van der Waals surface area contributed by atoms with Gasteiger partial charge in [0, 0.05) is 36.9 Å². The van der Waals surface area contributed by atoms with E-state index in [0.29, 0.717) is 19.0 Å². The Hall–Kier alpha value is -1.69. The molecule has 33 heavy (non-hydrogen) atoms. The summed E-state index contributed by atoms with van der Waals surface area (Å²) in [6, 6.07) is 10.3. The molecule has 5 rings (SSSR count). The van der Waals surface area contributed by atoms with Crippen LogP contribution in [0.5, 0.6) is 0 Å². The first-order valence-corrected chi connectivity index (χ1v) is 12.9. The Kier molecular flexibility index (Phi) is 6.41. The highest BCUT2D eigenvalue weighted by molar-refractivity contribution is 5.76. The molecule has 0 amide bonds. The van der Waals surface area contributed by atoms with Gasteiger partial charge in [-0.05, 0) is 37.2 Å². The Morgan fingerprint density at radius 3 is 2.64 bits per heavy atom. The van der Waals surface area contributed by atoms with Crippen molar-refractivity contribution in [3.63, 3.8) is 0 Å². The van der Waals surface area contributed by atoms with Crippen molar-refractivity contribution in [1.82, 2.24) is 4.90 Å². The summed E-state index contributed by atoms with van der Waals surface area (Å²) in [7, 11) is 0. The molecule has 5 nitrogen and oxygen atoms in total. The summed E-state index contributed by atoms with van der Waals surface area (Å²) in [5.74, 6) is -0.358. The number of esters is 1. The number of nitrogens with zero attached hydrogens (tertiary/aromatic N) is 1. The van der Waals surface area contributed by atoms with Crippen molar-refractivity contribution in [2.75, 3.05) is 6.54 Å². The van der Waals surface area contributed by atoms with Gasteiger partial charge in [0.25, 0.3) is 0 Å². The van der Waals surface area contributed by atoms with Crippen LogP contribution in [0, 0.1) is 23.2 Å². The number of hydrogen-bond donors (Lipinski definition) is 2. The van der Waals surface area contributed by atoms with Crippen molar-refractivity contribution in [1.29, 1.82) is 0 Å². The number of rotatable bonds is 5. The minimum Gasteiger partial charge on any atom is -0.461 e. The first-order valence-electron chi connectivity index (χ1n) is 12.9. The largest absolute Gasteiger partial charge is 0.461 e. The monoisotopic (exact) mass is 453 g/mol. The number of carbonyl (C=O) groups is 1. The Balaban J connectivity index is 1.43. The summed E-state index contributed by atoms with van der Waals surface area (Å²) < 4.78 is 5.91. The van der Waals surface area contributed by atoms with Gasteiger partial charge in [-0.2, -0.15) is 0 Å². The van der Waals surface area contributed by atoms with E-state index in [1.54, 1.807) is 0 Å². The van der Waals surface area contributed by atoms with Crippen molar-refractivity contribution >= 4 is 5.97 Å². The molecule has 5 heteroatoms. The molecular formula is C28H39NO4. The van der Waals surface area contributed by atoms with Crippen molar-refractivity contribution in [2.24, 2.45) is 23.2 Å². The van der Waals surface area contributed by atoms with E-state index in [2.05, 4.69) is 37.0 Å². The zero-order chi connectivity index (χ0) is 23.2. The van der Waals surface area contributed by atoms with Crippen LogP contribution in [0.1, 0.15) is 64.4 Å². The molecule has 2 N–H and O–H groups in total. The third-order valence-electron chi connectivity index (χ3n) is 9.39. The highest BCUT2D eigenvalue weighted by Gasteiger charge is 2.60. The van der Waals surface area contributed by atoms with Gasteiger partial charge in [0.1, 0.15) is 6.10 Å². The van der Waals surface area contributed by atoms with Gasteiger partial charge in [-0.15, -0.1) is 0 Å². The van der Waals surface area contributed by atoms with Crippen LogP contribution in [-0.4, -0.2) is 52.0 Å². The molecule has 8 unspecified atom stereocenters. The van der Waals surface area contributed by atoms with Gasteiger partial charge < -0.3 is 14.9 Å². The molecule has 180 valence electrons. The normalized spacial score (nSPS) is 40.7. The third-order valence-corrected chi connectivity index (χ3v) is 9.39. The minimum absolute atomic E-state index is 0.0335. The molecule has 1 aliphatic heterocycles. The van der Waals surface area contributed by atoms with Crippen molar-refractivity contribution in [2.45, 2.75) is 89.7 Å². The number of fused-ring (bicyclic) bond motifs is 2. The lowest BCUT2D eigenvalue weighted by Crippen LogP contribution is -2.55. The Labute approximate surface area is 197 Å². The van der Waals surface area contributed by atoms with Gasteiger partial charge in [-0.1, -0.05) is 68.7 Å². The highest BCUT2D eigenvalue weighted by atomic mass is 16.6.